The third-order valence-electron chi connectivity index (χ3n) is 5.43. The average molecular weight is 581 g/mol. The number of anilines is 1. The highest BCUT2D eigenvalue weighted by molar-refractivity contribution is 7.88. The van der Waals surface area contributed by atoms with Crippen molar-refractivity contribution >= 4 is 45.1 Å². The molecule has 4 N–H and O–H groups in total. The summed E-state index contributed by atoms with van der Waals surface area (Å²) < 4.78 is 29.1. The van der Waals surface area contributed by atoms with E-state index in [0.29, 0.717) is 23.0 Å². The Morgan fingerprint density at radius 3 is 2.44 bits per heavy atom. The molecule has 2 amide bonds. The lowest BCUT2D eigenvalue weighted by atomic mass is 10.1. The lowest BCUT2D eigenvalue weighted by molar-refractivity contribution is -0.131. The van der Waals surface area contributed by atoms with Crippen molar-refractivity contribution in [3.8, 4) is 0 Å². The second kappa shape index (κ2) is 15.2. The lowest BCUT2D eigenvalue weighted by Gasteiger charge is -2.18. The van der Waals surface area contributed by atoms with Gasteiger partial charge in [0.15, 0.2) is 0 Å². The summed E-state index contributed by atoms with van der Waals surface area (Å²) in [7, 11) is -4.02. The summed E-state index contributed by atoms with van der Waals surface area (Å²) in [6, 6.07) is 7.67. The van der Waals surface area contributed by atoms with Crippen molar-refractivity contribution < 1.29 is 27.9 Å². The summed E-state index contributed by atoms with van der Waals surface area (Å²) in [5, 5.41) is 14.4. The van der Waals surface area contributed by atoms with Crippen LogP contribution in [0.1, 0.15) is 38.7 Å². The number of nitrogens with one attached hydrogen (secondary N) is 3. The first-order valence-electron chi connectivity index (χ1n) is 12.3. The van der Waals surface area contributed by atoms with Gasteiger partial charge in [-0.1, -0.05) is 43.7 Å². The van der Waals surface area contributed by atoms with E-state index in [-0.39, 0.29) is 31.0 Å². The molecule has 11 nitrogen and oxygen atoms in total. The van der Waals surface area contributed by atoms with Gasteiger partial charge in [-0.3, -0.25) is 14.4 Å². The van der Waals surface area contributed by atoms with E-state index in [2.05, 4.69) is 15.4 Å². The van der Waals surface area contributed by atoms with Crippen LogP contribution in [0.2, 0.25) is 5.02 Å². The third-order valence-corrected chi connectivity index (χ3v) is 7.04. The highest BCUT2D eigenvalue weighted by Crippen LogP contribution is 2.13. The number of pyridine rings is 1. The Hall–Kier alpha value is -3.48. The number of hydrogen-bond acceptors (Lipinski definition) is 6. The van der Waals surface area contributed by atoms with Gasteiger partial charge in [-0.25, -0.2) is 17.9 Å². The molecular formula is C26H33ClN4O7S. The fourth-order valence-electron chi connectivity index (χ4n) is 3.44. The van der Waals surface area contributed by atoms with Gasteiger partial charge in [0.25, 0.3) is 5.56 Å². The number of aliphatic carboxylic acids is 1. The summed E-state index contributed by atoms with van der Waals surface area (Å²) in [4.78, 5) is 48.9. The van der Waals surface area contributed by atoms with Crippen LogP contribution in [-0.4, -0.2) is 48.5 Å². The van der Waals surface area contributed by atoms with Crippen LogP contribution in [0.25, 0.3) is 0 Å². The van der Waals surface area contributed by atoms with Crippen LogP contribution in [0.3, 0.4) is 0 Å². The van der Waals surface area contributed by atoms with Gasteiger partial charge in [0.05, 0.1) is 5.75 Å². The first-order valence-corrected chi connectivity index (χ1v) is 14.3. The standard InChI is InChI=1S/C26H33ClN4O7S/c1-18(2)13-14-28-23(32)16-31-15-5-7-22(26(31)36)29-25(35)21(6-3-4-8-24(33)34)30-39(37,38)17-19-9-11-20(27)12-10-19/h4-5,7-12,15,18,21,30H,3,6,13-14,16-17H2,1-2H3,(H,28,32)(H,29,35)(H,33,34). The zero-order chi connectivity index (χ0) is 29.0. The van der Waals surface area contributed by atoms with E-state index in [9.17, 15) is 27.6 Å². The molecule has 0 aliphatic heterocycles. The zero-order valence-electron chi connectivity index (χ0n) is 21.7. The summed E-state index contributed by atoms with van der Waals surface area (Å²) in [6.45, 7) is 4.26. The molecule has 0 aliphatic carbocycles. The number of hydrogen-bond donors (Lipinski definition) is 4. The van der Waals surface area contributed by atoms with Crippen LogP contribution in [0, 0.1) is 5.92 Å². The van der Waals surface area contributed by atoms with Gasteiger partial charge >= 0.3 is 5.97 Å². The number of nitrogens with zero attached hydrogens (tertiary/aromatic N) is 1. The van der Waals surface area contributed by atoms with Crippen LogP contribution in [0.15, 0.2) is 59.5 Å². The topological polar surface area (TPSA) is 164 Å². The number of sulfonamides is 1. The van der Waals surface area contributed by atoms with Crippen molar-refractivity contribution in [3.63, 3.8) is 0 Å². The minimum atomic E-state index is -4.02. The third kappa shape index (κ3) is 11.8. The molecule has 1 aromatic heterocycles. The maximum absolute atomic E-state index is 13.1. The minimum absolute atomic E-state index is 0.0728. The summed E-state index contributed by atoms with van der Waals surface area (Å²) in [5.41, 5.74) is -0.340. The Labute approximate surface area is 232 Å². The zero-order valence-corrected chi connectivity index (χ0v) is 23.3. The van der Waals surface area contributed by atoms with Crippen molar-refractivity contribution in [1.29, 1.82) is 0 Å². The van der Waals surface area contributed by atoms with Gasteiger partial charge in [0.2, 0.25) is 21.8 Å². The van der Waals surface area contributed by atoms with Gasteiger partial charge < -0.3 is 20.3 Å². The van der Waals surface area contributed by atoms with Crippen LogP contribution < -0.4 is 20.9 Å². The molecular weight excluding hydrogens is 548 g/mol. The Bertz CT molecular complexity index is 1340. The van der Waals surface area contributed by atoms with E-state index in [4.69, 9.17) is 16.7 Å². The summed E-state index contributed by atoms with van der Waals surface area (Å²) in [6.07, 6.45) is 4.37. The number of carboxylic acids is 1. The average Bonchev–Trinajstić information content (AvgIpc) is 2.84. The van der Waals surface area contributed by atoms with Gasteiger partial charge in [-0.05, 0) is 55.0 Å². The van der Waals surface area contributed by atoms with E-state index in [1.54, 1.807) is 0 Å². The Morgan fingerprint density at radius 1 is 1.10 bits per heavy atom. The first-order chi connectivity index (χ1) is 18.4. The van der Waals surface area contributed by atoms with E-state index in [0.717, 1.165) is 17.1 Å². The maximum Gasteiger partial charge on any atom is 0.327 e. The molecule has 13 heteroatoms. The largest absolute Gasteiger partial charge is 0.478 e. The molecule has 39 heavy (non-hydrogen) atoms. The Morgan fingerprint density at radius 2 is 1.79 bits per heavy atom. The number of carbonyl (C=O) groups is 3. The molecule has 0 saturated carbocycles. The molecule has 0 bridgehead atoms. The molecule has 2 aromatic rings. The van der Waals surface area contributed by atoms with Gasteiger partial charge in [0.1, 0.15) is 18.3 Å². The van der Waals surface area contributed by atoms with Crippen molar-refractivity contribution in [2.75, 3.05) is 11.9 Å². The number of amides is 2. The molecule has 1 atom stereocenters. The van der Waals surface area contributed by atoms with Gasteiger partial charge in [0, 0.05) is 23.8 Å². The number of aromatic nitrogens is 1. The molecule has 2 rings (SSSR count). The molecule has 1 aromatic carbocycles. The quantitative estimate of drug-likeness (QED) is 0.235. The highest BCUT2D eigenvalue weighted by atomic mass is 35.5. The monoisotopic (exact) mass is 580 g/mol. The number of halogens is 1. The fraction of sp³-hybridized carbons (Fsp3) is 0.385. The van der Waals surface area contributed by atoms with E-state index >= 15 is 0 Å². The smallest absolute Gasteiger partial charge is 0.327 e. The number of carboxylic acid groups (broad SMARTS) is 1. The second-order valence-corrected chi connectivity index (χ2v) is 11.4. The van der Waals surface area contributed by atoms with Crippen LogP contribution in [-0.2, 0) is 36.7 Å². The van der Waals surface area contributed by atoms with Crippen molar-refractivity contribution in [3.05, 3.63) is 75.7 Å². The van der Waals surface area contributed by atoms with Crippen molar-refractivity contribution in [2.45, 2.75) is 51.4 Å². The van der Waals surface area contributed by atoms with Gasteiger partial charge in [-0.2, -0.15) is 0 Å². The minimum Gasteiger partial charge on any atom is -0.478 e. The SMILES string of the molecule is CC(C)CCNC(=O)Cn1cccc(NC(=O)C(CCC=CC(=O)O)NS(=O)(=O)Cc2ccc(Cl)cc2)c1=O. The van der Waals surface area contributed by atoms with Gasteiger partial charge in [-0.15, -0.1) is 0 Å². The molecule has 0 saturated heterocycles. The summed E-state index contributed by atoms with van der Waals surface area (Å²) >= 11 is 5.85. The summed E-state index contributed by atoms with van der Waals surface area (Å²) in [5.74, 6) is -2.38. The molecule has 0 radical (unpaired) electrons. The number of allylic oxidation sites excluding steroid dienone is 1. The maximum atomic E-state index is 13.1. The molecule has 0 fully saturated rings. The molecule has 1 heterocycles. The predicted octanol–water partition coefficient (Wildman–Crippen LogP) is 2.51. The number of benzene rings is 1. The van der Waals surface area contributed by atoms with Crippen LogP contribution >= 0.6 is 11.6 Å². The molecule has 0 aliphatic rings. The van der Waals surface area contributed by atoms with Crippen LogP contribution in [0.4, 0.5) is 5.69 Å². The number of carbonyl (C=O) groups excluding carboxylic acids is 2. The highest BCUT2D eigenvalue weighted by Gasteiger charge is 2.25. The molecule has 1 unspecified atom stereocenters. The lowest BCUT2D eigenvalue weighted by Crippen LogP contribution is -2.45. The Kier molecular flexibility index (Phi) is 12.4. The normalized spacial score (nSPS) is 12.4. The Balaban J connectivity index is 2.17. The predicted molar refractivity (Wildman–Crippen MR) is 149 cm³/mol. The fourth-order valence-corrected chi connectivity index (χ4v) is 4.94. The molecule has 212 valence electrons. The molecule has 0 spiro atoms. The first kappa shape index (κ1) is 31.7. The van der Waals surface area contributed by atoms with Crippen LogP contribution in [0.5, 0.6) is 0 Å². The number of rotatable bonds is 15. The van der Waals surface area contributed by atoms with E-state index < -0.39 is 39.3 Å². The van der Waals surface area contributed by atoms with Crippen molar-refractivity contribution in [1.82, 2.24) is 14.6 Å². The second-order valence-electron chi connectivity index (χ2n) is 9.25. The van der Waals surface area contributed by atoms with Crippen molar-refractivity contribution in [2.24, 2.45) is 5.92 Å². The van der Waals surface area contributed by atoms with E-state index in [1.165, 1.54) is 48.7 Å². The van der Waals surface area contributed by atoms with E-state index in [1.807, 2.05) is 13.8 Å².